The Hall–Kier alpha value is -2.38. The number of amides is 1. The van der Waals surface area contributed by atoms with Crippen LogP contribution in [0.4, 0.5) is 4.79 Å². The molecule has 8 heteroatoms. The summed E-state index contributed by atoms with van der Waals surface area (Å²) in [6, 6.07) is -1.06. The number of ketones is 1. The maximum Gasteiger partial charge on any atom is 0.411 e. The SMILES string of the molecule is COC(=O)C1c2c(cnn2C)C(=O)CN1C(=O)OC(C)(C)C. The number of fused-ring (bicyclic) bond motifs is 1. The summed E-state index contributed by atoms with van der Waals surface area (Å²) >= 11 is 0. The van der Waals surface area contributed by atoms with Gasteiger partial charge in [-0.05, 0) is 20.8 Å². The van der Waals surface area contributed by atoms with Gasteiger partial charge in [0.25, 0.3) is 0 Å². The van der Waals surface area contributed by atoms with E-state index in [4.69, 9.17) is 9.47 Å². The Morgan fingerprint density at radius 2 is 2.00 bits per heavy atom. The molecule has 1 atom stereocenters. The standard InChI is InChI=1S/C14H19N3O5/c1-14(2,3)22-13(20)17-7-9(18)8-6-15-16(4)10(8)11(17)12(19)21-5/h6,11H,7H2,1-5H3. The smallest absolute Gasteiger partial charge is 0.411 e. The molecule has 0 radical (unpaired) electrons. The lowest BCUT2D eigenvalue weighted by molar-refractivity contribution is -0.147. The minimum absolute atomic E-state index is 0.257. The second kappa shape index (κ2) is 5.43. The molecule has 1 aromatic heterocycles. The molecule has 2 rings (SSSR count). The summed E-state index contributed by atoms with van der Waals surface area (Å²) in [5.41, 5.74) is -0.0975. The van der Waals surface area contributed by atoms with Crippen LogP contribution in [-0.2, 0) is 21.3 Å². The molecule has 1 unspecified atom stereocenters. The predicted octanol–water partition coefficient (Wildman–Crippen LogP) is 1.07. The summed E-state index contributed by atoms with van der Waals surface area (Å²) in [7, 11) is 2.82. The van der Waals surface area contributed by atoms with Crippen LogP contribution in [0.15, 0.2) is 6.20 Å². The summed E-state index contributed by atoms with van der Waals surface area (Å²) in [5.74, 6) is -0.947. The number of nitrogens with zero attached hydrogens (tertiary/aromatic N) is 3. The van der Waals surface area contributed by atoms with Crippen LogP contribution in [0, 0.1) is 0 Å². The van der Waals surface area contributed by atoms with Crippen molar-refractivity contribution in [1.82, 2.24) is 14.7 Å². The molecular weight excluding hydrogens is 290 g/mol. The van der Waals surface area contributed by atoms with Crippen molar-refractivity contribution in [2.45, 2.75) is 32.4 Å². The van der Waals surface area contributed by atoms with Crippen molar-refractivity contribution in [2.24, 2.45) is 7.05 Å². The van der Waals surface area contributed by atoms with Gasteiger partial charge in [-0.2, -0.15) is 5.10 Å². The topological polar surface area (TPSA) is 90.7 Å². The Kier molecular flexibility index (Phi) is 3.95. The third-order valence-electron chi connectivity index (χ3n) is 3.22. The van der Waals surface area contributed by atoms with Gasteiger partial charge in [0, 0.05) is 7.05 Å². The van der Waals surface area contributed by atoms with Crippen LogP contribution in [0.2, 0.25) is 0 Å². The second-order valence-corrected chi connectivity index (χ2v) is 6.02. The zero-order valence-electron chi connectivity index (χ0n) is 13.2. The Balaban J connectivity index is 2.46. The Morgan fingerprint density at radius 3 is 2.55 bits per heavy atom. The molecule has 2 heterocycles. The molecule has 0 aliphatic carbocycles. The average molecular weight is 309 g/mol. The molecule has 0 bridgehead atoms. The molecule has 0 saturated heterocycles. The van der Waals surface area contributed by atoms with Gasteiger partial charge in [-0.25, -0.2) is 9.59 Å². The molecule has 1 aliphatic heterocycles. The first kappa shape index (κ1) is 16.0. The van der Waals surface area contributed by atoms with E-state index < -0.39 is 23.7 Å². The zero-order chi connectivity index (χ0) is 16.7. The molecule has 0 N–H and O–H groups in total. The van der Waals surface area contributed by atoms with Crippen LogP contribution >= 0.6 is 0 Å². The molecular formula is C14H19N3O5. The average Bonchev–Trinajstić information content (AvgIpc) is 2.79. The number of Topliss-reactive ketones (excluding diaryl/α,β-unsaturated/α-hetero) is 1. The number of rotatable bonds is 1. The van der Waals surface area contributed by atoms with Gasteiger partial charge >= 0.3 is 12.1 Å². The van der Waals surface area contributed by atoms with Crippen molar-refractivity contribution in [3.8, 4) is 0 Å². The first-order valence-electron chi connectivity index (χ1n) is 6.78. The van der Waals surface area contributed by atoms with E-state index in [9.17, 15) is 14.4 Å². The summed E-state index contributed by atoms with van der Waals surface area (Å²) in [6.07, 6.45) is 0.642. The summed E-state index contributed by atoms with van der Waals surface area (Å²) in [4.78, 5) is 37.7. The minimum atomic E-state index is -1.06. The Labute approximate surface area is 128 Å². The van der Waals surface area contributed by atoms with E-state index in [0.717, 1.165) is 4.90 Å². The van der Waals surface area contributed by atoms with Crippen LogP contribution < -0.4 is 0 Å². The van der Waals surface area contributed by atoms with Crippen molar-refractivity contribution < 1.29 is 23.9 Å². The zero-order valence-corrected chi connectivity index (χ0v) is 13.2. The van der Waals surface area contributed by atoms with Gasteiger partial charge in [-0.1, -0.05) is 0 Å². The van der Waals surface area contributed by atoms with Gasteiger partial charge in [-0.3, -0.25) is 14.4 Å². The molecule has 1 aliphatic rings. The highest BCUT2D eigenvalue weighted by Crippen LogP contribution is 2.31. The molecule has 0 fully saturated rings. The number of esters is 1. The van der Waals surface area contributed by atoms with Crippen molar-refractivity contribution in [3.05, 3.63) is 17.5 Å². The van der Waals surface area contributed by atoms with Crippen molar-refractivity contribution in [2.75, 3.05) is 13.7 Å². The van der Waals surface area contributed by atoms with Crippen LogP contribution in [0.5, 0.6) is 0 Å². The van der Waals surface area contributed by atoms with E-state index >= 15 is 0 Å². The molecule has 0 saturated carbocycles. The fourth-order valence-corrected chi connectivity index (χ4v) is 2.31. The maximum absolute atomic E-state index is 12.3. The summed E-state index contributed by atoms with van der Waals surface area (Å²) in [6.45, 7) is 4.87. The fourth-order valence-electron chi connectivity index (χ4n) is 2.31. The lowest BCUT2D eigenvalue weighted by atomic mass is 9.99. The van der Waals surface area contributed by atoms with Crippen LogP contribution in [0.3, 0.4) is 0 Å². The van der Waals surface area contributed by atoms with Crippen molar-refractivity contribution >= 4 is 17.8 Å². The lowest BCUT2D eigenvalue weighted by Crippen LogP contribution is -2.48. The Morgan fingerprint density at radius 1 is 1.36 bits per heavy atom. The van der Waals surface area contributed by atoms with E-state index in [-0.39, 0.29) is 12.3 Å². The van der Waals surface area contributed by atoms with Gasteiger partial charge in [0.05, 0.1) is 31.1 Å². The molecule has 1 aromatic rings. The fraction of sp³-hybridized carbons (Fsp3) is 0.571. The molecule has 120 valence electrons. The van der Waals surface area contributed by atoms with Gasteiger partial charge in [0.2, 0.25) is 0 Å². The number of hydrogen-bond acceptors (Lipinski definition) is 6. The van der Waals surface area contributed by atoms with E-state index in [1.165, 1.54) is 18.0 Å². The molecule has 0 aromatic carbocycles. The van der Waals surface area contributed by atoms with Gasteiger partial charge in [0.1, 0.15) is 5.60 Å². The monoisotopic (exact) mass is 309 g/mol. The number of ether oxygens (including phenoxy) is 2. The molecule has 1 amide bonds. The van der Waals surface area contributed by atoms with Crippen LogP contribution in [0.1, 0.15) is 42.9 Å². The third kappa shape index (κ3) is 2.81. The highest BCUT2D eigenvalue weighted by molar-refractivity contribution is 6.03. The van der Waals surface area contributed by atoms with Gasteiger partial charge in [-0.15, -0.1) is 0 Å². The summed E-state index contributed by atoms with van der Waals surface area (Å²) < 4.78 is 11.4. The molecule has 22 heavy (non-hydrogen) atoms. The van der Waals surface area contributed by atoms with Crippen molar-refractivity contribution in [3.63, 3.8) is 0 Å². The van der Waals surface area contributed by atoms with Crippen molar-refractivity contribution in [1.29, 1.82) is 0 Å². The minimum Gasteiger partial charge on any atom is -0.467 e. The first-order chi connectivity index (χ1) is 10.2. The van der Waals surface area contributed by atoms with Gasteiger partial charge < -0.3 is 9.47 Å². The van der Waals surface area contributed by atoms with E-state index in [1.54, 1.807) is 27.8 Å². The quantitative estimate of drug-likeness (QED) is 0.721. The number of methoxy groups -OCH3 is 1. The van der Waals surface area contributed by atoms with Crippen LogP contribution in [0.25, 0.3) is 0 Å². The number of carbonyl (C=O) groups is 3. The number of hydrogen-bond donors (Lipinski definition) is 0. The lowest BCUT2D eigenvalue weighted by Gasteiger charge is -2.34. The second-order valence-electron chi connectivity index (χ2n) is 6.02. The number of aromatic nitrogens is 2. The van der Waals surface area contributed by atoms with E-state index in [0.29, 0.717) is 11.3 Å². The number of aryl methyl sites for hydroxylation is 1. The Bertz CT molecular complexity index is 629. The summed E-state index contributed by atoms with van der Waals surface area (Å²) in [5, 5.41) is 3.99. The molecule has 8 nitrogen and oxygen atoms in total. The van der Waals surface area contributed by atoms with Gasteiger partial charge in [0.15, 0.2) is 11.8 Å². The highest BCUT2D eigenvalue weighted by atomic mass is 16.6. The largest absolute Gasteiger partial charge is 0.467 e. The third-order valence-corrected chi connectivity index (χ3v) is 3.22. The number of carbonyl (C=O) groups excluding carboxylic acids is 3. The molecule has 0 spiro atoms. The maximum atomic E-state index is 12.3. The normalized spacial score (nSPS) is 18.0. The van der Waals surface area contributed by atoms with E-state index in [2.05, 4.69) is 5.10 Å². The van der Waals surface area contributed by atoms with Crippen LogP contribution in [-0.4, -0.2) is 51.8 Å². The predicted molar refractivity (Wildman–Crippen MR) is 75.2 cm³/mol. The van der Waals surface area contributed by atoms with E-state index in [1.807, 2.05) is 0 Å². The first-order valence-corrected chi connectivity index (χ1v) is 6.78. The highest BCUT2D eigenvalue weighted by Gasteiger charge is 2.44.